The molecule has 0 atom stereocenters. The third-order valence-electron chi connectivity index (χ3n) is 3.06. The smallest absolute Gasteiger partial charge is 0.344 e. The Morgan fingerprint density at radius 1 is 1.39 bits per heavy atom. The first-order chi connectivity index (χ1) is 10.9. The van der Waals surface area contributed by atoms with Crippen LogP contribution in [0.1, 0.15) is 41.6 Å². The van der Waals surface area contributed by atoms with Crippen molar-refractivity contribution in [1.82, 2.24) is 5.16 Å². The summed E-state index contributed by atoms with van der Waals surface area (Å²) in [6.45, 7) is 4.84. The molecule has 1 amide bonds. The third kappa shape index (κ3) is 4.15. The highest BCUT2D eigenvalue weighted by atomic mass is 19.1. The zero-order valence-electron chi connectivity index (χ0n) is 13.1. The summed E-state index contributed by atoms with van der Waals surface area (Å²) in [6.07, 6.45) is 0. The Morgan fingerprint density at radius 3 is 2.78 bits per heavy atom. The normalized spacial score (nSPS) is 10.7. The lowest BCUT2D eigenvalue weighted by Gasteiger charge is -2.07. The molecule has 1 N–H and O–H groups in total. The predicted octanol–water partition coefficient (Wildman–Crippen LogP) is 3.04. The molecule has 0 radical (unpaired) electrons. The molecule has 6 nitrogen and oxygen atoms in total. The van der Waals surface area contributed by atoms with E-state index in [1.165, 1.54) is 24.3 Å². The number of nitrogens with zero attached hydrogens (tertiary/aromatic N) is 1. The second-order valence-electron chi connectivity index (χ2n) is 5.30. The number of carbonyl (C=O) groups excluding carboxylic acids is 2. The molecule has 1 aromatic carbocycles. The summed E-state index contributed by atoms with van der Waals surface area (Å²) in [6, 6.07) is 5.43. The van der Waals surface area contributed by atoms with E-state index in [0.29, 0.717) is 11.5 Å². The van der Waals surface area contributed by atoms with Crippen LogP contribution < -0.4 is 5.32 Å². The third-order valence-corrected chi connectivity index (χ3v) is 3.06. The molecular formula is C16H17FN2O4. The van der Waals surface area contributed by atoms with E-state index in [9.17, 15) is 14.0 Å². The molecule has 23 heavy (non-hydrogen) atoms. The van der Waals surface area contributed by atoms with Gasteiger partial charge in [0.05, 0.1) is 5.69 Å². The summed E-state index contributed by atoms with van der Waals surface area (Å²) < 4.78 is 23.1. The van der Waals surface area contributed by atoms with Crippen molar-refractivity contribution < 1.29 is 23.2 Å². The second kappa shape index (κ2) is 7.04. The largest absolute Gasteiger partial charge is 0.452 e. The first-order valence-corrected chi connectivity index (χ1v) is 7.07. The van der Waals surface area contributed by atoms with Crippen molar-refractivity contribution in [2.45, 2.75) is 26.7 Å². The lowest BCUT2D eigenvalue weighted by molar-refractivity contribution is -0.119. The van der Waals surface area contributed by atoms with Crippen molar-refractivity contribution in [3.05, 3.63) is 47.1 Å². The fourth-order valence-electron chi connectivity index (χ4n) is 2.00. The van der Waals surface area contributed by atoms with Crippen LogP contribution in [0.25, 0.3) is 0 Å². The molecule has 0 saturated carbocycles. The number of esters is 1. The van der Waals surface area contributed by atoms with E-state index in [4.69, 9.17) is 9.26 Å². The van der Waals surface area contributed by atoms with Crippen molar-refractivity contribution in [3.8, 4) is 0 Å². The number of aromatic nitrogens is 1. The topological polar surface area (TPSA) is 81.4 Å². The van der Waals surface area contributed by atoms with Gasteiger partial charge in [-0.3, -0.25) is 4.79 Å². The van der Waals surface area contributed by atoms with E-state index in [1.807, 2.05) is 13.8 Å². The first kappa shape index (κ1) is 16.7. The molecule has 0 aliphatic carbocycles. The number of hydrogen-bond donors (Lipinski definition) is 1. The van der Waals surface area contributed by atoms with E-state index < -0.39 is 24.3 Å². The van der Waals surface area contributed by atoms with E-state index in [0.717, 1.165) is 0 Å². The lowest BCUT2D eigenvalue weighted by atomic mass is 10.1. The minimum absolute atomic E-state index is 0.0418. The van der Waals surface area contributed by atoms with Gasteiger partial charge in [-0.15, -0.1) is 0 Å². The standard InChI is InChI=1S/C16H17FN2O4/c1-9(2)15-14(10(3)19-23-15)16(21)22-8-13(20)18-12-6-4-5-11(17)7-12/h4-7,9H,8H2,1-3H3,(H,18,20). The molecule has 0 unspecified atom stereocenters. The van der Waals surface area contributed by atoms with Crippen molar-refractivity contribution >= 4 is 17.6 Å². The van der Waals surface area contributed by atoms with Crippen LogP contribution in [-0.4, -0.2) is 23.6 Å². The Bertz CT molecular complexity index is 725. The van der Waals surface area contributed by atoms with Gasteiger partial charge in [0.1, 0.15) is 11.4 Å². The van der Waals surface area contributed by atoms with E-state index in [-0.39, 0.29) is 17.2 Å². The van der Waals surface area contributed by atoms with Crippen LogP contribution in [-0.2, 0) is 9.53 Å². The summed E-state index contributed by atoms with van der Waals surface area (Å²) in [4.78, 5) is 23.9. The summed E-state index contributed by atoms with van der Waals surface area (Å²) in [5, 5.41) is 6.19. The molecule has 2 aromatic rings. The van der Waals surface area contributed by atoms with E-state index in [1.54, 1.807) is 6.92 Å². The Labute approximate surface area is 132 Å². The Kier molecular flexibility index (Phi) is 5.10. The number of nitrogens with one attached hydrogen (secondary N) is 1. The zero-order valence-corrected chi connectivity index (χ0v) is 13.1. The zero-order chi connectivity index (χ0) is 17.0. The molecule has 0 aliphatic heterocycles. The van der Waals surface area contributed by atoms with E-state index in [2.05, 4.69) is 10.5 Å². The maximum absolute atomic E-state index is 13.0. The predicted molar refractivity (Wildman–Crippen MR) is 80.6 cm³/mol. The van der Waals surface area contributed by atoms with E-state index >= 15 is 0 Å². The van der Waals surface area contributed by atoms with Crippen molar-refractivity contribution in [2.24, 2.45) is 0 Å². The monoisotopic (exact) mass is 320 g/mol. The van der Waals surface area contributed by atoms with Gasteiger partial charge >= 0.3 is 5.97 Å². The van der Waals surface area contributed by atoms with Gasteiger partial charge in [0.15, 0.2) is 12.4 Å². The molecule has 0 fully saturated rings. The van der Waals surface area contributed by atoms with Gasteiger partial charge < -0.3 is 14.6 Å². The molecule has 122 valence electrons. The highest BCUT2D eigenvalue weighted by Gasteiger charge is 2.24. The first-order valence-electron chi connectivity index (χ1n) is 7.07. The molecule has 1 aromatic heterocycles. The van der Waals surface area contributed by atoms with Gasteiger partial charge in [-0.25, -0.2) is 9.18 Å². The second-order valence-corrected chi connectivity index (χ2v) is 5.30. The number of halogens is 1. The lowest BCUT2D eigenvalue weighted by Crippen LogP contribution is -2.21. The number of anilines is 1. The fraction of sp³-hybridized carbons (Fsp3) is 0.312. The molecular weight excluding hydrogens is 303 g/mol. The summed E-state index contributed by atoms with van der Waals surface area (Å²) in [5.41, 5.74) is 0.929. The number of hydrogen-bond acceptors (Lipinski definition) is 5. The van der Waals surface area contributed by atoms with Crippen LogP contribution in [0.4, 0.5) is 10.1 Å². The number of aryl methyl sites for hydroxylation is 1. The van der Waals surface area contributed by atoms with Gasteiger partial charge in [-0.05, 0) is 25.1 Å². The Balaban J connectivity index is 1.97. The van der Waals surface area contributed by atoms with Crippen molar-refractivity contribution in [3.63, 3.8) is 0 Å². The van der Waals surface area contributed by atoms with Crippen LogP contribution >= 0.6 is 0 Å². The Hall–Kier alpha value is -2.70. The van der Waals surface area contributed by atoms with Gasteiger partial charge in [0, 0.05) is 11.6 Å². The molecule has 0 aliphatic rings. The average Bonchev–Trinajstić information content (AvgIpc) is 2.87. The minimum atomic E-state index is -0.679. The fourth-order valence-corrected chi connectivity index (χ4v) is 2.00. The minimum Gasteiger partial charge on any atom is -0.452 e. The Morgan fingerprint density at radius 2 is 2.13 bits per heavy atom. The molecule has 0 spiro atoms. The number of rotatable bonds is 5. The molecule has 0 saturated heterocycles. The van der Waals surface area contributed by atoms with Crippen LogP contribution in [0.2, 0.25) is 0 Å². The molecule has 1 heterocycles. The highest BCUT2D eigenvalue weighted by Crippen LogP contribution is 2.22. The van der Waals surface area contributed by atoms with Crippen molar-refractivity contribution in [1.29, 1.82) is 0 Å². The molecule has 0 bridgehead atoms. The summed E-state index contributed by atoms with van der Waals surface area (Å²) in [7, 11) is 0. The number of amides is 1. The van der Waals surface area contributed by atoms with Gasteiger partial charge in [-0.2, -0.15) is 0 Å². The van der Waals surface area contributed by atoms with Crippen molar-refractivity contribution in [2.75, 3.05) is 11.9 Å². The highest BCUT2D eigenvalue weighted by molar-refractivity contribution is 5.96. The summed E-state index contributed by atoms with van der Waals surface area (Å²) >= 11 is 0. The van der Waals surface area contributed by atoms with Crippen LogP contribution in [0.15, 0.2) is 28.8 Å². The van der Waals surface area contributed by atoms with Crippen LogP contribution in [0.3, 0.4) is 0 Å². The average molecular weight is 320 g/mol. The van der Waals surface area contributed by atoms with Gasteiger partial charge in [0.25, 0.3) is 5.91 Å². The number of benzene rings is 1. The number of ether oxygens (including phenoxy) is 1. The number of carbonyl (C=O) groups is 2. The SMILES string of the molecule is Cc1noc(C(C)C)c1C(=O)OCC(=O)Nc1cccc(F)c1. The van der Waals surface area contributed by atoms with Crippen LogP contribution in [0.5, 0.6) is 0 Å². The van der Waals surface area contributed by atoms with Gasteiger partial charge in [-0.1, -0.05) is 25.1 Å². The van der Waals surface area contributed by atoms with Gasteiger partial charge in [0.2, 0.25) is 0 Å². The molecule has 7 heteroatoms. The quantitative estimate of drug-likeness (QED) is 0.856. The maximum Gasteiger partial charge on any atom is 0.344 e. The van der Waals surface area contributed by atoms with Crippen LogP contribution in [0, 0.1) is 12.7 Å². The maximum atomic E-state index is 13.0. The summed E-state index contributed by atoms with van der Waals surface area (Å²) in [5.74, 6) is -1.34. The molecule has 2 rings (SSSR count).